The van der Waals surface area contributed by atoms with E-state index < -0.39 is 10.0 Å². The van der Waals surface area contributed by atoms with Crippen molar-refractivity contribution >= 4 is 10.0 Å². The highest BCUT2D eigenvalue weighted by Crippen LogP contribution is 2.33. The van der Waals surface area contributed by atoms with Gasteiger partial charge >= 0.3 is 0 Å². The largest absolute Gasteiger partial charge is 0.274 e. The first kappa shape index (κ1) is 14.3. The van der Waals surface area contributed by atoms with E-state index in [0.29, 0.717) is 5.69 Å². The van der Waals surface area contributed by atoms with Crippen LogP contribution in [-0.4, -0.2) is 18.2 Å². The molecule has 21 heavy (non-hydrogen) atoms. The molecule has 1 aromatic heterocycles. The predicted octanol–water partition coefficient (Wildman–Crippen LogP) is 2.00. The van der Waals surface area contributed by atoms with Gasteiger partial charge in [0, 0.05) is 19.3 Å². The molecule has 0 saturated carbocycles. The number of benzene rings is 1. The van der Waals surface area contributed by atoms with Crippen molar-refractivity contribution in [3.05, 3.63) is 46.8 Å². The van der Waals surface area contributed by atoms with Crippen molar-refractivity contribution in [2.75, 3.05) is 0 Å². The molecule has 0 aliphatic heterocycles. The van der Waals surface area contributed by atoms with Crippen molar-refractivity contribution < 1.29 is 8.42 Å². The Morgan fingerprint density at radius 2 is 2.10 bits per heavy atom. The summed E-state index contributed by atoms with van der Waals surface area (Å²) in [5.74, 6) is 0. The maximum Gasteiger partial charge on any atom is 0.244 e. The number of sulfonamides is 1. The van der Waals surface area contributed by atoms with E-state index in [1.54, 1.807) is 20.2 Å². The van der Waals surface area contributed by atoms with Crippen LogP contribution in [0, 0.1) is 13.8 Å². The maximum absolute atomic E-state index is 12.5. The molecule has 1 aliphatic carbocycles. The quantitative estimate of drug-likeness (QED) is 0.943. The van der Waals surface area contributed by atoms with E-state index >= 15 is 0 Å². The molecule has 2 aromatic rings. The number of hydrogen-bond donors (Lipinski definition) is 1. The SMILES string of the molecule is Cc1ccc2c(c1)CCC2NS(=O)(=O)c1cn(C)nc1C. The van der Waals surface area contributed by atoms with E-state index in [1.807, 2.05) is 12.1 Å². The lowest BCUT2D eigenvalue weighted by Gasteiger charge is -2.14. The van der Waals surface area contributed by atoms with Gasteiger partial charge in [-0.1, -0.05) is 23.8 Å². The Morgan fingerprint density at radius 3 is 2.76 bits per heavy atom. The van der Waals surface area contributed by atoms with Gasteiger partial charge in [0.25, 0.3) is 0 Å². The zero-order valence-corrected chi connectivity index (χ0v) is 13.2. The van der Waals surface area contributed by atoms with Gasteiger partial charge in [-0.25, -0.2) is 13.1 Å². The molecular formula is C15H19N3O2S. The third-order valence-electron chi connectivity index (χ3n) is 3.93. The number of aryl methyl sites for hydroxylation is 4. The van der Waals surface area contributed by atoms with Gasteiger partial charge in [0.15, 0.2) is 0 Å². The van der Waals surface area contributed by atoms with Gasteiger partial charge in [-0.2, -0.15) is 5.10 Å². The van der Waals surface area contributed by atoms with Crippen molar-refractivity contribution in [1.29, 1.82) is 0 Å². The summed E-state index contributed by atoms with van der Waals surface area (Å²) in [6, 6.07) is 6.05. The van der Waals surface area contributed by atoms with Crippen molar-refractivity contribution in [2.24, 2.45) is 7.05 Å². The molecule has 5 nitrogen and oxygen atoms in total. The molecule has 0 amide bonds. The second-order valence-corrected chi connectivity index (χ2v) is 7.35. The van der Waals surface area contributed by atoms with E-state index in [9.17, 15) is 8.42 Å². The summed E-state index contributed by atoms with van der Waals surface area (Å²) in [6.07, 6.45) is 3.26. The number of rotatable bonds is 3. The van der Waals surface area contributed by atoms with Gasteiger partial charge in [0.2, 0.25) is 10.0 Å². The summed E-state index contributed by atoms with van der Waals surface area (Å²) in [6.45, 7) is 3.76. The lowest BCUT2D eigenvalue weighted by Crippen LogP contribution is -2.27. The minimum atomic E-state index is -3.54. The molecule has 0 saturated heterocycles. The monoisotopic (exact) mass is 305 g/mol. The average molecular weight is 305 g/mol. The van der Waals surface area contributed by atoms with Gasteiger partial charge in [-0.3, -0.25) is 4.68 Å². The Kier molecular flexibility index (Phi) is 3.37. The molecule has 0 spiro atoms. The highest BCUT2D eigenvalue weighted by molar-refractivity contribution is 7.89. The lowest BCUT2D eigenvalue weighted by molar-refractivity contribution is 0.554. The second kappa shape index (κ2) is 4.96. The smallest absolute Gasteiger partial charge is 0.244 e. The summed E-state index contributed by atoms with van der Waals surface area (Å²) < 4.78 is 29.4. The summed E-state index contributed by atoms with van der Waals surface area (Å²) in [4.78, 5) is 0.255. The van der Waals surface area contributed by atoms with Crippen molar-refractivity contribution in [3.63, 3.8) is 0 Å². The molecular weight excluding hydrogens is 286 g/mol. The molecule has 112 valence electrons. The van der Waals surface area contributed by atoms with Crippen LogP contribution in [-0.2, 0) is 23.5 Å². The fourth-order valence-electron chi connectivity index (χ4n) is 2.96. The summed E-state index contributed by atoms with van der Waals surface area (Å²) in [5, 5.41) is 4.11. The molecule has 1 aliphatic rings. The molecule has 1 heterocycles. The average Bonchev–Trinajstić information content (AvgIpc) is 2.93. The molecule has 3 rings (SSSR count). The third-order valence-corrected chi connectivity index (χ3v) is 5.51. The normalized spacial score (nSPS) is 18.0. The highest BCUT2D eigenvalue weighted by atomic mass is 32.2. The van der Waals surface area contributed by atoms with E-state index in [0.717, 1.165) is 18.4 Å². The van der Waals surface area contributed by atoms with Gasteiger partial charge in [0.1, 0.15) is 4.90 Å². The van der Waals surface area contributed by atoms with Crippen LogP contribution >= 0.6 is 0 Å². The molecule has 0 fully saturated rings. The van der Waals surface area contributed by atoms with Crippen LogP contribution < -0.4 is 4.72 Å². The molecule has 1 atom stereocenters. The van der Waals surface area contributed by atoms with Crippen LogP contribution in [0.4, 0.5) is 0 Å². The number of hydrogen-bond acceptors (Lipinski definition) is 3. The van der Waals surface area contributed by atoms with Gasteiger partial charge in [-0.05, 0) is 37.8 Å². The fraction of sp³-hybridized carbons (Fsp3) is 0.400. The predicted molar refractivity (Wildman–Crippen MR) is 80.5 cm³/mol. The van der Waals surface area contributed by atoms with Gasteiger partial charge in [-0.15, -0.1) is 0 Å². The zero-order valence-electron chi connectivity index (χ0n) is 12.4. The Bertz CT molecular complexity index is 793. The summed E-state index contributed by atoms with van der Waals surface area (Å²) in [5.41, 5.74) is 4.06. The topological polar surface area (TPSA) is 64.0 Å². The van der Waals surface area contributed by atoms with Crippen LogP contribution in [0.15, 0.2) is 29.3 Å². The first-order chi connectivity index (χ1) is 9.87. The summed E-state index contributed by atoms with van der Waals surface area (Å²) >= 11 is 0. The molecule has 1 aromatic carbocycles. The maximum atomic E-state index is 12.5. The van der Waals surface area contributed by atoms with Gasteiger partial charge in [0.05, 0.1) is 5.69 Å². The van der Waals surface area contributed by atoms with Crippen molar-refractivity contribution in [1.82, 2.24) is 14.5 Å². The molecule has 0 bridgehead atoms. The minimum Gasteiger partial charge on any atom is -0.274 e. The zero-order chi connectivity index (χ0) is 15.2. The number of nitrogens with zero attached hydrogens (tertiary/aromatic N) is 2. The molecule has 0 radical (unpaired) electrons. The van der Waals surface area contributed by atoms with E-state index in [-0.39, 0.29) is 10.9 Å². The first-order valence-electron chi connectivity index (χ1n) is 6.99. The van der Waals surface area contributed by atoms with Crippen LogP contribution in [0.25, 0.3) is 0 Å². The standard InChI is InChI=1S/C15H19N3O2S/c1-10-4-6-13-12(8-10)5-7-14(13)17-21(19,20)15-9-18(3)16-11(15)2/h4,6,8-9,14,17H,5,7H2,1-3H3. The van der Waals surface area contributed by atoms with Crippen LogP contribution in [0.2, 0.25) is 0 Å². The second-order valence-electron chi connectivity index (χ2n) is 5.67. The Hall–Kier alpha value is -1.66. The summed E-state index contributed by atoms with van der Waals surface area (Å²) in [7, 11) is -1.82. The molecule has 1 N–H and O–H groups in total. The van der Waals surface area contributed by atoms with Crippen molar-refractivity contribution in [2.45, 2.75) is 37.6 Å². The number of fused-ring (bicyclic) bond motifs is 1. The first-order valence-corrected chi connectivity index (χ1v) is 8.47. The van der Waals surface area contributed by atoms with Gasteiger partial charge < -0.3 is 0 Å². The van der Waals surface area contributed by atoms with E-state index in [4.69, 9.17) is 0 Å². The Balaban J connectivity index is 1.90. The molecule has 1 unspecified atom stereocenters. The molecule has 6 heteroatoms. The lowest BCUT2D eigenvalue weighted by atomic mass is 10.1. The van der Waals surface area contributed by atoms with E-state index in [1.165, 1.54) is 15.8 Å². The van der Waals surface area contributed by atoms with Crippen LogP contribution in [0.3, 0.4) is 0 Å². The fourth-order valence-corrected chi connectivity index (χ4v) is 4.43. The van der Waals surface area contributed by atoms with Crippen molar-refractivity contribution in [3.8, 4) is 0 Å². The minimum absolute atomic E-state index is 0.148. The third kappa shape index (κ3) is 2.61. The van der Waals surface area contributed by atoms with E-state index in [2.05, 4.69) is 22.8 Å². The van der Waals surface area contributed by atoms with Crippen LogP contribution in [0.1, 0.15) is 34.8 Å². The highest BCUT2D eigenvalue weighted by Gasteiger charge is 2.29. The Morgan fingerprint density at radius 1 is 1.33 bits per heavy atom. The number of aromatic nitrogens is 2. The number of nitrogens with one attached hydrogen (secondary N) is 1. The Labute approximate surface area is 125 Å². The van der Waals surface area contributed by atoms with Crippen LogP contribution in [0.5, 0.6) is 0 Å².